The molecule has 38 heavy (non-hydrogen) atoms. The van der Waals surface area contributed by atoms with Crippen molar-refractivity contribution in [3.63, 3.8) is 0 Å². The van der Waals surface area contributed by atoms with E-state index in [4.69, 9.17) is 14.9 Å². The molecular formula is C17H33N3O5S13. The highest BCUT2D eigenvalue weighted by Gasteiger charge is 2.02. The van der Waals surface area contributed by atoms with Gasteiger partial charge < -0.3 is 15.3 Å². The van der Waals surface area contributed by atoms with E-state index < -0.39 is 10.8 Å². The maximum absolute atomic E-state index is 11.9. The molecule has 2 N–H and O–H groups in total. The molecule has 0 rings (SSSR count). The fourth-order valence-corrected chi connectivity index (χ4v) is 14.2. The number of thioether (sulfide) groups is 11. The van der Waals surface area contributed by atoms with Crippen LogP contribution in [0.1, 0.15) is 0 Å². The predicted octanol–water partition coefficient (Wildman–Crippen LogP) is 6.84. The third kappa shape index (κ3) is 35.1. The van der Waals surface area contributed by atoms with Gasteiger partial charge in [0.25, 0.3) is 5.24 Å². The first-order valence-electron chi connectivity index (χ1n) is 10.2. The molecule has 1 amide bonds. The van der Waals surface area contributed by atoms with E-state index in [0.717, 1.165) is 40.7 Å². The second kappa shape index (κ2) is 36.1. The van der Waals surface area contributed by atoms with Crippen molar-refractivity contribution in [2.24, 2.45) is 9.98 Å². The maximum Gasteiger partial charge on any atom is 0.280 e. The van der Waals surface area contributed by atoms with Crippen molar-refractivity contribution >= 4 is 170 Å². The minimum Gasteiger partial charge on any atom is -0.386 e. The van der Waals surface area contributed by atoms with Crippen LogP contribution in [-0.2, 0) is 20.6 Å². The Bertz CT molecular complexity index is 614. The molecule has 0 radical (unpaired) electrons. The summed E-state index contributed by atoms with van der Waals surface area (Å²) in [5, 5.41) is 19.4. The summed E-state index contributed by atoms with van der Waals surface area (Å²) < 4.78 is 11.5. The van der Waals surface area contributed by atoms with E-state index in [1.54, 1.807) is 47.0 Å². The van der Waals surface area contributed by atoms with Crippen molar-refractivity contribution in [2.75, 3.05) is 75.3 Å². The highest BCUT2D eigenvalue weighted by atomic mass is 32.3. The Kier molecular flexibility index (Phi) is 38.8. The van der Waals surface area contributed by atoms with E-state index in [2.05, 4.69) is 27.9 Å². The van der Waals surface area contributed by atoms with Crippen molar-refractivity contribution in [3.8, 4) is 0 Å². The topological polar surface area (TPSA) is 110 Å². The average molecular weight is 776 g/mol. The van der Waals surface area contributed by atoms with E-state index in [9.17, 15) is 9.00 Å². The number of aliphatic hydroxyl groups is 1. The van der Waals surface area contributed by atoms with Gasteiger partial charge in [-0.25, -0.2) is 4.99 Å². The maximum atomic E-state index is 11.9. The Hall–Kier alpha value is 2.88. The number of aliphatic hydroxyl groups excluding tert-OH is 1. The number of amides is 1. The molecule has 1 unspecified atom stereocenters. The first kappa shape index (κ1) is 40.9. The molecule has 0 saturated heterocycles. The highest BCUT2D eigenvalue weighted by Crippen LogP contribution is 2.24. The first-order chi connectivity index (χ1) is 18.7. The minimum absolute atomic E-state index is 0.0281. The fourth-order valence-electron chi connectivity index (χ4n) is 1.46. The molecule has 0 aliphatic carbocycles. The molecule has 0 fully saturated rings. The van der Waals surface area contributed by atoms with E-state index in [-0.39, 0.29) is 11.2 Å². The molecule has 21 heteroatoms. The molecule has 0 heterocycles. The van der Waals surface area contributed by atoms with Crippen LogP contribution >= 0.6 is 142 Å². The zero-order valence-electron chi connectivity index (χ0n) is 20.4. The summed E-state index contributed by atoms with van der Waals surface area (Å²) in [6.45, 7) is 0. The number of hydrogen-bond acceptors (Lipinski definition) is 19. The number of aliphatic imine (C=N–C) groups is 2. The van der Waals surface area contributed by atoms with Crippen LogP contribution < -0.4 is 5.32 Å². The molecule has 0 aromatic rings. The smallest absolute Gasteiger partial charge is 0.280 e. The molecule has 8 nitrogen and oxygen atoms in total. The molecule has 0 bridgehead atoms. The normalized spacial score (nSPS) is 12.5. The van der Waals surface area contributed by atoms with Gasteiger partial charge in [0, 0.05) is 40.7 Å². The molecule has 0 aliphatic heterocycles. The van der Waals surface area contributed by atoms with Gasteiger partial charge in [-0.1, -0.05) is 11.8 Å². The molecule has 0 aromatic heterocycles. The number of nitrogens with zero attached hydrogens (tertiary/aromatic N) is 2. The number of carbonyl (C=O) groups excluding carboxylic acids is 1. The molecular weight excluding hydrogens is 743 g/mol. The number of rotatable bonds is 29. The van der Waals surface area contributed by atoms with Gasteiger partial charge >= 0.3 is 0 Å². The third-order valence-electron chi connectivity index (χ3n) is 2.81. The van der Waals surface area contributed by atoms with Crippen LogP contribution in [0.25, 0.3) is 0 Å². The second-order valence-electron chi connectivity index (χ2n) is 5.54. The van der Waals surface area contributed by atoms with Crippen LogP contribution in [0.2, 0.25) is 0 Å². The SMILES string of the molecule is O=C(NCSCSCSCSC/N=C/OOCSCSCO)SCSCSCSCSCS(=O)/C=N\CS. The molecule has 1 atom stereocenters. The quantitative estimate of drug-likeness (QED) is 0.0140. The van der Waals surface area contributed by atoms with Gasteiger partial charge in [-0.3, -0.25) is 14.0 Å². The van der Waals surface area contributed by atoms with Gasteiger partial charge in [0.05, 0.1) is 45.0 Å². The number of nitrogens with one attached hydrogen (secondary N) is 1. The molecule has 0 aromatic carbocycles. The van der Waals surface area contributed by atoms with Crippen molar-refractivity contribution in [1.29, 1.82) is 0 Å². The standard InChI is InChI=1S/C17H33N3O5S13/c21-6-29-10-30-7-25-24-1-18-3-27-8-31-11-32-9-28-4-20-17(22)37-15-35-13-33-12-34-14-36-16-38(23)5-19-2-26/h1,5,21,26H,2-4,6-16H2,(H,20,22)/b18-1+,19-5-. The summed E-state index contributed by atoms with van der Waals surface area (Å²) in [6.07, 6.45) is 1.31. The minimum atomic E-state index is -1.01. The summed E-state index contributed by atoms with van der Waals surface area (Å²) in [7, 11) is -1.01. The summed E-state index contributed by atoms with van der Waals surface area (Å²) in [5.41, 5.74) is 1.46. The van der Waals surface area contributed by atoms with Crippen LogP contribution in [0.4, 0.5) is 4.79 Å². The van der Waals surface area contributed by atoms with Crippen LogP contribution in [-0.4, -0.2) is 102 Å². The van der Waals surface area contributed by atoms with Crippen LogP contribution in [0, 0.1) is 0 Å². The average Bonchev–Trinajstić information content (AvgIpc) is 2.92. The lowest BCUT2D eigenvalue weighted by Crippen LogP contribution is -2.17. The van der Waals surface area contributed by atoms with E-state index in [1.807, 2.05) is 47.0 Å². The molecule has 0 saturated carbocycles. The molecule has 224 valence electrons. The van der Waals surface area contributed by atoms with Crippen LogP contribution in [0.3, 0.4) is 0 Å². The summed E-state index contributed by atoms with van der Waals surface area (Å²) in [4.78, 5) is 29.5. The molecule has 0 aliphatic rings. The second-order valence-corrected chi connectivity index (χ2v) is 21.1. The zero-order valence-corrected chi connectivity index (χ0v) is 31.1. The van der Waals surface area contributed by atoms with E-state index in [0.29, 0.717) is 28.7 Å². The Morgan fingerprint density at radius 3 is 2.18 bits per heavy atom. The Balaban J connectivity index is 3.24. The lowest BCUT2D eigenvalue weighted by Gasteiger charge is -2.05. The highest BCUT2D eigenvalue weighted by molar-refractivity contribution is 8.30. The van der Waals surface area contributed by atoms with Gasteiger partial charge in [0.1, 0.15) is 5.94 Å². The lowest BCUT2D eigenvalue weighted by atomic mass is 11.2. The van der Waals surface area contributed by atoms with Gasteiger partial charge in [0.2, 0.25) is 6.40 Å². The Morgan fingerprint density at radius 2 is 1.47 bits per heavy atom. The monoisotopic (exact) mass is 775 g/mol. The molecule has 0 spiro atoms. The number of carbonyl (C=O) groups is 1. The summed E-state index contributed by atoms with van der Waals surface area (Å²) in [5.74, 6) is 2.15. The van der Waals surface area contributed by atoms with E-state index in [1.165, 1.54) is 47.2 Å². The van der Waals surface area contributed by atoms with E-state index >= 15 is 0 Å². The van der Waals surface area contributed by atoms with Gasteiger partial charge in [-0.2, -0.15) is 17.5 Å². The predicted molar refractivity (Wildman–Crippen MR) is 199 cm³/mol. The number of hydrogen-bond donors (Lipinski definition) is 3. The summed E-state index contributed by atoms with van der Waals surface area (Å²) >= 11 is 22.4. The third-order valence-corrected chi connectivity index (χ3v) is 17.0. The van der Waals surface area contributed by atoms with Crippen LogP contribution in [0.5, 0.6) is 0 Å². The Labute approximate surface area is 281 Å². The van der Waals surface area contributed by atoms with Crippen molar-refractivity contribution in [2.45, 2.75) is 0 Å². The van der Waals surface area contributed by atoms with Crippen molar-refractivity contribution < 1.29 is 23.9 Å². The largest absolute Gasteiger partial charge is 0.386 e. The van der Waals surface area contributed by atoms with Crippen LogP contribution in [0.15, 0.2) is 9.98 Å². The summed E-state index contributed by atoms with van der Waals surface area (Å²) in [6, 6.07) is 0. The van der Waals surface area contributed by atoms with Gasteiger partial charge in [0.15, 0.2) is 0 Å². The first-order valence-corrected chi connectivity index (χ1v) is 24.8. The number of thiol groups is 1. The van der Waals surface area contributed by atoms with Crippen molar-refractivity contribution in [3.05, 3.63) is 0 Å². The van der Waals surface area contributed by atoms with Gasteiger partial charge in [-0.05, 0) is 0 Å². The Morgan fingerprint density at radius 1 is 0.842 bits per heavy atom. The van der Waals surface area contributed by atoms with Crippen molar-refractivity contribution in [1.82, 2.24) is 5.32 Å². The zero-order chi connectivity index (χ0) is 27.8. The van der Waals surface area contributed by atoms with Gasteiger partial charge in [-0.15, -0.1) is 118 Å². The lowest BCUT2D eigenvalue weighted by molar-refractivity contribution is -0.196. The fraction of sp³-hybridized carbons (Fsp3) is 0.824.